The van der Waals surface area contributed by atoms with Crippen molar-refractivity contribution in [3.8, 4) is 0 Å². The summed E-state index contributed by atoms with van der Waals surface area (Å²) in [7, 11) is 0. The topological polar surface area (TPSA) is 68.3 Å². The fourth-order valence-corrected chi connectivity index (χ4v) is 2.29. The van der Waals surface area contributed by atoms with Gasteiger partial charge in [0.15, 0.2) is 0 Å². The van der Waals surface area contributed by atoms with E-state index in [1.807, 2.05) is 26.0 Å². The molecule has 0 saturated carbocycles. The van der Waals surface area contributed by atoms with Gasteiger partial charge in [-0.2, -0.15) is 0 Å². The molecule has 1 aromatic carbocycles. The van der Waals surface area contributed by atoms with Gasteiger partial charge in [-0.1, -0.05) is 15.9 Å². The number of carbonyl (C=O) groups is 1. The predicted octanol–water partition coefficient (Wildman–Crippen LogP) is 3.42. The molecule has 1 unspecified atom stereocenters. The molecule has 100 valence electrons. The summed E-state index contributed by atoms with van der Waals surface area (Å²) in [5, 5.41) is 2.87. The lowest BCUT2D eigenvalue weighted by molar-refractivity contribution is 0.0935. The third kappa shape index (κ3) is 3.38. The van der Waals surface area contributed by atoms with Gasteiger partial charge < -0.3 is 15.5 Å². The largest absolute Gasteiger partial charge is 0.464 e. The summed E-state index contributed by atoms with van der Waals surface area (Å²) >= 11 is 3.32. The Morgan fingerprint density at radius 2 is 2.11 bits per heavy atom. The SMILES string of the molecule is Cc1ccc(C(C)NC(=O)c2cc(N)cc(Br)c2)o1. The number of rotatable bonds is 3. The zero-order valence-corrected chi connectivity index (χ0v) is 12.3. The number of anilines is 1. The van der Waals surface area contributed by atoms with Crippen molar-refractivity contribution in [2.45, 2.75) is 19.9 Å². The van der Waals surface area contributed by atoms with Crippen molar-refractivity contribution in [2.24, 2.45) is 0 Å². The van der Waals surface area contributed by atoms with Crippen LogP contribution in [0.1, 0.15) is 34.8 Å². The summed E-state index contributed by atoms with van der Waals surface area (Å²) in [6.07, 6.45) is 0. The predicted molar refractivity (Wildman–Crippen MR) is 77.9 cm³/mol. The molecule has 0 fully saturated rings. The Labute approximate surface area is 120 Å². The van der Waals surface area contributed by atoms with Gasteiger partial charge in [-0.3, -0.25) is 4.79 Å². The number of amides is 1. The van der Waals surface area contributed by atoms with E-state index in [4.69, 9.17) is 10.2 Å². The van der Waals surface area contributed by atoms with Crippen LogP contribution in [0.25, 0.3) is 0 Å². The third-order valence-corrected chi connectivity index (χ3v) is 3.18. The van der Waals surface area contributed by atoms with Crippen LogP contribution in [0.4, 0.5) is 5.69 Å². The van der Waals surface area contributed by atoms with Gasteiger partial charge in [0.2, 0.25) is 0 Å². The molecule has 2 rings (SSSR count). The van der Waals surface area contributed by atoms with E-state index in [2.05, 4.69) is 21.2 Å². The Hall–Kier alpha value is -1.75. The summed E-state index contributed by atoms with van der Waals surface area (Å²) in [6.45, 7) is 3.74. The minimum absolute atomic E-state index is 0.186. The number of nitrogens with one attached hydrogen (secondary N) is 1. The first kappa shape index (κ1) is 13.7. The Kier molecular flexibility index (Phi) is 3.95. The second kappa shape index (κ2) is 5.48. The Balaban J connectivity index is 2.12. The van der Waals surface area contributed by atoms with Crippen molar-refractivity contribution < 1.29 is 9.21 Å². The van der Waals surface area contributed by atoms with Gasteiger partial charge in [-0.05, 0) is 44.2 Å². The molecular weight excluding hydrogens is 308 g/mol. The van der Waals surface area contributed by atoms with Crippen LogP contribution < -0.4 is 11.1 Å². The van der Waals surface area contributed by atoms with Crippen molar-refractivity contribution in [2.75, 3.05) is 5.73 Å². The highest BCUT2D eigenvalue weighted by molar-refractivity contribution is 9.10. The monoisotopic (exact) mass is 322 g/mol. The van der Waals surface area contributed by atoms with E-state index < -0.39 is 0 Å². The van der Waals surface area contributed by atoms with Crippen LogP contribution in [0, 0.1) is 6.92 Å². The van der Waals surface area contributed by atoms with Crippen molar-refractivity contribution in [3.63, 3.8) is 0 Å². The molecule has 19 heavy (non-hydrogen) atoms. The first-order valence-corrected chi connectivity index (χ1v) is 6.68. The van der Waals surface area contributed by atoms with E-state index in [0.717, 1.165) is 16.0 Å². The molecule has 1 amide bonds. The maximum absolute atomic E-state index is 12.1. The second-order valence-electron chi connectivity index (χ2n) is 4.42. The number of hydrogen-bond acceptors (Lipinski definition) is 3. The molecule has 0 radical (unpaired) electrons. The molecule has 5 heteroatoms. The van der Waals surface area contributed by atoms with Gasteiger partial charge in [0.05, 0.1) is 6.04 Å². The summed E-state index contributed by atoms with van der Waals surface area (Å²) in [4.78, 5) is 12.1. The molecule has 1 heterocycles. The summed E-state index contributed by atoms with van der Waals surface area (Å²) in [5.74, 6) is 1.37. The van der Waals surface area contributed by atoms with E-state index in [1.54, 1.807) is 18.2 Å². The van der Waals surface area contributed by atoms with Crippen molar-refractivity contribution >= 4 is 27.5 Å². The Morgan fingerprint density at radius 1 is 1.37 bits per heavy atom. The number of halogens is 1. The van der Waals surface area contributed by atoms with E-state index in [1.165, 1.54) is 0 Å². The lowest BCUT2D eigenvalue weighted by Gasteiger charge is -2.12. The van der Waals surface area contributed by atoms with Crippen LogP contribution in [0.3, 0.4) is 0 Å². The van der Waals surface area contributed by atoms with Crippen LogP contribution in [0.5, 0.6) is 0 Å². The molecule has 1 atom stereocenters. The lowest BCUT2D eigenvalue weighted by Crippen LogP contribution is -2.26. The molecule has 4 nitrogen and oxygen atoms in total. The fraction of sp³-hybridized carbons (Fsp3) is 0.214. The smallest absolute Gasteiger partial charge is 0.251 e. The molecule has 2 aromatic rings. The van der Waals surface area contributed by atoms with Crippen LogP contribution in [0.15, 0.2) is 39.2 Å². The van der Waals surface area contributed by atoms with E-state index in [9.17, 15) is 4.79 Å². The first-order valence-electron chi connectivity index (χ1n) is 5.89. The average Bonchev–Trinajstić information content (AvgIpc) is 2.74. The zero-order valence-electron chi connectivity index (χ0n) is 10.7. The maximum atomic E-state index is 12.1. The quantitative estimate of drug-likeness (QED) is 0.851. The Bertz CT molecular complexity index is 587. The number of nitrogens with two attached hydrogens (primary N) is 1. The average molecular weight is 323 g/mol. The van der Waals surface area contributed by atoms with Crippen LogP contribution in [-0.4, -0.2) is 5.91 Å². The van der Waals surface area contributed by atoms with Crippen molar-refractivity contribution in [3.05, 3.63) is 51.9 Å². The minimum atomic E-state index is -0.193. The standard InChI is InChI=1S/C14H15BrN2O2/c1-8-3-4-13(19-8)9(2)17-14(18)10-5-11(15)7-12(16)6-10/h3-7,9H,16H2,1-2H3,(H,17,18). The first-order chi connectivity index (χ1) is 8.95. The highest BCUT2D eigenvalue weighted by atomic mass is 79.9. The normalized spacial score (nSPS) is 12.2. The highest BCUT2D eigenvalue weighted by Gasteiger charge is 2.14. The molecule has 0 aliphatic carbocycles. The zero-order chi connectivity index (χ0) is 14.0. The third-order valence-electron chi connectivity index (χ3n) is 2.72. The van der Waals surface area contributed by atoms with Crippen LogP contribution in [0.2, 0.25) is 0 Å². The van der Waals surface area contributed by atoms with Gasteiger partial charge in [-0.15, -0.1) is 0 Å². The van der Waals surface area contributed by atoms with Gasteiger partial charge in [0, 0.05) is 15.7 Å². The summed E-state index contributed by atoms with van der Waals surface area (Å²) in [6, 6.07) is 8.65. The molecule has 0 aliphatic rings. The number of benzene rings is 1. The van der Waals surface area contributed by atoms with Gasteiger partial charge >= 0.3 is 0 Å². The van der Waals surface area contributed by atoms with Gasteiger partial charge in [0.1, 0.15) is 11.5 Å². The van der Waals surface area contributed by atoms with E-state index >= 15 is 0 Å². The van der Waals surface area contributed by atoms with Crippen LogP contribution in [-0.2, 0) is 0 Å². The minimum Gasteiger partial charge on any atom is -0.464 e. The molecule has 0 bridgehead atoms. The molecular formula is C14H15BrN2O2. The number of carbonyl (C=O) groups excluding carboxylic acids is 1. The molecule has 3 N–H and O–H groups in total. The van der Waals surface area contributed by atoms with Gasteiger partial charge in [0.25, 0.3) is 5.91 Å². The summed E-state index contributed by atoms with van der Waals surface area (Å²) < 4.78 is 6.26. The fourth-order valence-electron chi connectivity index (χ4n) is 1.78. The van der Waals surface area contributed by atoms with E-state index in [-0.39, 0.29) is 11.9 Å². The number of aryl methyl sites for hydroxylation is 1. The van der Waals surface area contributed by atoms with Gasteiger partial charge in [-0.25, -0.2) is 0 Å². The lowest BCUT2D eigenvalue weighted by atomic mass is 10.1. The summed E-state index contributed by atoms with van der Waals surface area (Å²) in [5.41, 5.74) is 6.77. The molecule has 0 saturated heterocycles. The maximum Gasteiger partial charge on any atom is 0.251 e. The van der Waals surface area contributed by atoms with Crippen LogP contribution >= 0.6 is 15.9 Å². The number of hydrogen-bond donors (Lipinski definition) is 2. The second-order valence-corrected chi connectivity index (χ2v) is 5.33. The molecule has 0 spiro atoms. The van der Waals surface area contributed by atoms with E-state index in [0.29, 0.717) is 11.3 Å². The number of furan rings is 1. The molecule has 1 aromatic heterocycles. The van der Waals surface area contributed by atoms with Crippen molar-refractivity contribution in [1.29, 1.82) is 0 Å². The molecule has 0 aliphatic heterocycles. The Morgan fingerprint density at radius 3 is 2.68 bits per heavy atom. The van der Waals surface area contributed by atoms with Crippen molar-refractivity contribution in [1.82, 2.24) is 5.32 Å². The highest BCUT2D eigenvalue weighted by Crippen LogP contribution is 2.19. The number of nitrogen functional groups attached to an aromatic ring is 1.